The van der Waals surface area contributed by atoms with Crippen LogP contribution in [0.4, 0.5) is 0 Å². The fourth-order valence-electron chi connectivity index (χ4n) is 9.09. The number of hydrogen-bond acceptors (Lipinski definition) is 4. The second-order valence-electron chi connectivity index (χ2n) is 13.4. The molecule has 0 aromatic heterocycles. The summed E-state index contributed by atoms with van der Waals surface area (Å²) in [5.74, 6) is 2.91. The normalized spacial score (nSPS) is 39.5. The van der Waals surface area contributed by atoms with Gasteiger partial charge in [0.1, 0.15) is 12.2 Å². The monoisotopic (exact) mass is 486 g/mol. The van der Waals surface area contributed by atoms with Crippen LogP contribution in [0.3, 0.4) is 0 Å². The molecule has 0 radical (unpaired) electrons. The zero-order chi connectivity index (χ0) is 25.5. The van der Waals surface area contributed by atoms with Crippen molar-refractivity contribution in [2.45, 2.75) is 131 Å². The molecule has 0 amide bonds. The van der Waals surface area contributed by atoms with E-state index in [1.165, 1.54) is 51.0 Å². The van der Waals surface area contributed by atoms with Crippen molar-refractivity contribution in [3.8, 4) is 0 Å². The van der Waals surface area contributed by atoms with Crippen molar-refractivity contribution in [2.24, 2.45) is 40.4 Å². The lowest BCUT2D eigenvalue weighted by molar-refractivity contribution is -0.152. The number of carbonyl (C=O) groups excluding carboxylic acids is 2. The number of esters is 2. The van der Waals surface area contributed by atoms with Crippen molar-refractivity contribution < 1.29 is 19.1 Å². The van der Waals surface area contributed by atoms with Crippen LogP contribution in [0.5, 0.6) is 0 Å². The van der Waals surface area contributed by atoms with E-state index in [-0.39, 0.29) is 35.0 Å². The van der Waals surface area contributed by atoms with E-state index in [4.69, 9.17) is 9.47 Å². The summed E-state index contributed by atoms with van der Waals surface area (Å²) < 4.78 is 11.7. The largest absolute Gasteiger partial charge is 0.463 e. The number of allylic oxidation sites excluding steroid dienone is 1. The minimum atomic E-state index is -0.144. The van der Waals surface area contributed by atoms with Crippen molar-refractivity contribution >= 4 is 11.9 Å². The van der Waals surface area contributed by atoms with Gasteiger partial charge in [-0.15, -0.1) is 0 Å². The van der Waals surface area contributed by atoms with Gasteiger partial charge in [-0.3, -0.25) is 9.59 Å². The number of carbonyl (C=O) groups is 2. The highest BCUT2D eigenvalue weighted by atomic mass is 16.5. The fraction of sp³-hybridized carbons (Fsp3) is 0.871. The molecule has 0 saturated heterocycles. The number of rotatable bonds is 7. The van der Waals surface area contributed by atoms with Crippen molar-refractivity contribution in [1.29, 1.82) is 0 Å². The molecule has 3 fully saturated rings. The second kappa shape index (κ2) is 10.2. The molecule has 4 heteroatoms. The third-order valence-corrected chi connectivity index (χ3v) is 10.8. The first-order chi connectivity index (χ1) is 16.5. The maximum atomic E-state index is 12.2. The lowest BCUT2D eigenvalue weighted by Gasteiger charge is -2.57. The third kappa shape index (κ3) is 5.10. The van der Waals surface area contributed by atoms with E-state index in [1.807, 2.05) is 0 Å². The van der Waals surface area contributed by atoms with Gasteiger partial charge in [0.05, 0.1) is 0 Å². The molecule has 35 heavy (non-hydrogen) atoms. The molecule has 0 bridgehead atoms. The van der Waals surface area contributed by atoms with Gasteiger partial charge in [0.15, 0.2) is 0 Å². The Bertz CT molecular complexity index is 843. The van der Waals surface area contributed by atoms with Crippen molar-refractivity contribution in [2.75, 3.05) is 0 Å². The standard InChI is InChI=1S/C31H50O4/c1-19(2)9-8-10-20(3)27-18-28(35-22(5)33)29-25-12-11-23-17-24(34-21(4)32)13-15-30(23,6)26(25)14-16-31(27,29)7/h19-20,23-24,26-28H,8-18H2,1-7H3/t20-,23+,24+,26+,27-,28-,30+,31-/m1/s1. The molecule has 8 atom stereocenters. The first-order valence-electron chi connectivity index (χ1n) is 14.5. The van der Waals surface area contributed by atoms with Crippen molar-refractivity contribution in [3.05, 3.63) is 11.1 Å². The van der Waals surface area contributed by atoms with Gasteiger partial charge in [-0.2, -0.15) is 0 Å². The zero-order valence-corrected chi connectivity index (χ0v) is 23.5. The van der Waals surface area contributed by atoms with E-state index in [1.54, 1.807) is 12.5 Å². The predicted octanol–water partition coefficient (Wildman–Crippen LogP) is 7.65. The van der Waals surface area contributed by atoms with Crippen LogP contribution in [-0.4, -0.2) is 24.1 Å². The molecule has 0 aromatic rings. The van der Waals surface area contributed by atoms with E-state index in [0.717, 1.165) is 38.0 Å². The first-order valence-corrected chi connectivity index (χ1v) is 14.5. The van der Waals surface area contributed by atoms with Crippen LogP contribution >= 0.6 is 0 Å². The van der Waals surface area contributed by atoms with E-state index in [9.17, 15) is 9.59 Å². The minimum absolute atomic E-state index is 0.0367. The molecule has 0 heterocycles. The molecule has 0 aromatic carbocycles. The Morgan fingerprint density at radius 1 is 0.943 bits per heavy atom. The topological polar surface area (TPSA) is 52.6 Å². The number of fused-ring (bicyclic) bond motifs is 4. The highest BCUT2D eigenvalue weighted by molar-refractivity contribution is 5.67. The molecule has 0 spiro atoms. The summed E-state index contributed by atoms with van der Waals surface area (Å²) in [4.78, 5) is 23.8. The molecule has 4 nitrogen and oxygen atoms in total. The summed E-state index contributed by atoms with van der Waals surface area (Å²) >= 11 is 0. The van der Waals surface area contributed by atoms with Gasteiger partial charge in [-0.1, -0.05) is 59.5 Å². The third-order valence-electron chi connectivity index (χ3n) is 10.8. The van der Waals surface area contributed by atoms with Crippen LogP contribution in [0.15, 0.2) is 11.1 Å². The highest BCUT2D eigenvalue weighted by Gasteiger charge is 2.59. The molecule has 4 aliphatic carbocycles. The maximum Gasteiger partial charge on any atom is 0.303 e. The average molecular weight is 487 g/mol. The Kier molecular flexibility index (Phi) is 7.80. The van der Waals surface area contributed by atoms with Crippen molar-refractivity contribution in [3.63, 3.8) is 0 Å². The van der Waals surface area contributed by atoms with Gasteiger partial charge in [-0.25, -0.2) is 0 Å². The van der Waals surface area contributed by atoms with Crippen LogP contribution in [0.25, 0.3) is 0 Å². The quantitative estimate of drug-likeness (QED) is 0.274. The van der Waals surface area contributed by atoms with Crippen LogP contribution in [-0.2, 0) is 19.1 Å². The molecule has 0 N–H and O–H groups in total. The molecule has 4 rings (SSSR count). The molecular weight excluding hydrogens is 436 g/mol. The number of ether oxygens (including phenoxy) is 2. The van der Waals surface area contributed by atoms with Crippen LogP contribution in [0.1, 0.15) is 119 Å². The Morgan fingerprint density at radius 2 is 1.66 bits per heavy atom. The Hall–Kier alpha value is -1.32. The molecular formula is C31H50O4. The zero-order valence-electron chi connectivity index (χ0n) is 23.5. The first kappa shape index (κ1) is 26.7. The molecule has 3 saturated carbocycles. The number of hydrogen-bond donors (Lipinski definition) is 0. The predicted molar refractivity (Wildman–Crippen MR) is 140 cm³/mol. The lowest BCUT2D eigenvalue weighted by atomic mass is 9.48. The molecule has 4 aliphatic rings. The fourth-order valence-corrected chi connectivity index (χ4v) is 9.09. The molecule has 0 unspecified atom stereocenters. The van der Waals surface area contributed by atoms with Gasteiger partial charge in [0.2, 0.25) is 0 Å². The SMILES string of the molecule is CC(=O)O[C@H]1CC[C@@]2(C)[C@@H](CCC3=C4[C@H](OC(C)=O)C[C@H]([C@H](C)CCCC(C)C)[C@@]4(C)CC[C@@H]32)C1. The van der Waals surface area contributed by atoms with E-state index >= 15 is 0 Å². The van der Waals surface area contributed by atoms with E-state index in [2.05, 4.69) is 34.6 Å². The van der Waals surface area contributed by atoms with Gasteiger partial charge in [0, 0.05) is 13.8 Å². The lowest BCUT2D eigenvalue weighted by Crippen LogP contribution is -2.49. The van der Waals surface area contributed by atoms with Crippen LogP contribution in [0, 0.1) is 40.4 Å². The Labute approximate surface area is 214 Å². The summed E-state index contributed by atoms with van der Waals surface area (Å²) in [6, 6.07) is 0. The maximum absolute atomic E-state index is 12.2. The van der Waals surface area contributed by atoms with Gasteiger partial charge >= 0.3 is 11.9 Å². The second-order valence-corrected chi connectivity index (χ2v) is 13.4. The Morgan fingerprint density at radius 3 is 2.31 bits per heavy atom. The summed E-state index contributed by atoms with van der Waals surface area (Å²) in [5.41, 5.74) is 3.58. The van der Waals surface area contributed by atoms with Crippen LogP contribution < -0.4 is 0 Å². The van der Waals surface area contributed by atoms with Gasteiger partial charge < -0.3 is 9.47 Å². The molecule has 198 valence electrons. The summed E-state index contributed by atoms with van der Waals surface area (Å²) in [5, 5.41) is 0. The highest BCUT2D eigenvalue weighted by Crippen LogP contribution is 2.66. The minimum Gasteiger partial charge on any atom is -0.463 e. The van der Waals surface area contributed by atoms with Gasteiger partial charge in [0.25, 0.3) is 0 Å². The van der Waals surface area contributed by atoms with Crippen molar-refractivity contribution in [1.82, 2.24) is 0 Å². The summed E-state index contributed by atoms with van der Waals surface area (Å²) in [6.45, 7) is 15.2. The smallest absolute Gasteiger partial charge is 0.303 e. The van der Waals surface area contributed by atoms with E-state index in [0.29, 0.717) is 23.7 Å². The average Bonchev–Trinajstić information content (AvgIpc) is 3.05. The summed E-state index contributed by atoms with van der Waals surface area (Å²) in [6.07, 6.45) is 12.8. The van der Waals surface area contributed by atoms with Gasteiger partial charge in [-0.05, 0) is 97.4 Å². The Balaban J connectivity index is 1.62. The summed E-state index contributed by atoms with van der Waals surface area (Å²) in [7, 11) is 0. The molecule has 0 aliphatic heterocycles. The van der Waals surface area contributed by atoms with Crippen LogP contribution in [0.2, 0.25) is 0 Å². The van der Waals surface area contributed by atoms with E-state index < -0.39 is 0 Å².